The highest BCUT2D eigenvalue weighted by atomic mass is 14.4. The molecule has 0 atom stereocenters. The Balaban J connectivity index is 1.11. The zero-order valence-corrected chi connectivity index (χ0v) is 38.7. The minimum absolute atomic E-state index is 0.0135. The number of benzene rings is 11. The first-order valence-electron chi connectivity index (χ1n) is 23.5. The molecule has 0 unspecified atom stereocenters. The molecule has 65 heavy (non-hydrogen) atoms. The van der Waals surface area contributed by atoms with Gasteiger partial charge in [0.15, 0.2) is 0 Å². The fourth-order valence-electron chi connectivity index (χ4n) is 12.0. The van der Waals surface area contributed by atoms with E-state index < -0.39 is 0 Å². The van der Waals surface area contributed by atoms with Crippen molar-refractivity contribution in [1.29, 1.82) is 0 Å². The van der Waals surface area contributed by atoms with E-state index in [4.69, 9.17) is 0 Å². The van der Waals surface area contributed by atoms with E-state index in [1.807, 2.05) is 0 Å². The van der Waals surface area contributed by atoms with Crippen LogP contribution in [0.3, 0.4) is 0 Å². The van der Waals surface area contributed by atoms with Gasteiger partial charge in [-0.25, -0.2) is 0 Å². The van der Waals surface area contributed by atoms with E-state index in [1.165, 1.54) is 143 Å². The Morgan fingerprint density at radius 3 is 1.48 bits per heavy atom. The number of hydrogen-bond acceptors (Lipinski definition) is 0. The molecule has 0 nitrogen and oxygen atoms in total. The van der Waals surface area contributed by atoms with Gasteiger partial charge in [0.25, 0.3) is 0 Å². The molecule has 11 aromatic carbocycles. The van der Waals surface area contributed by atoms with Crippen molar-refractivity contribution in [2.75, 3.05) is 0 Å². The summed E-state index contributed by atoms with van der Waals surface area (Å²) in [4.78, 5) is 0. The SMILES string of the molecule is CC(C)(C)c1ccc2c(c1)C(C)(C)c1cc(C(C)(C)C)cc(-c3cc4ccc5ccc6c7c(cc(c3)c4c57)-c3cc4c(-c5ccccc5)c5ccccc5c(-c5ccccc5)c4cc3-6)c1-2. The molecule has 2 aliphatic rings. The summed E-state index contributed by atoms with van der Waals surface area (Å²) >= 11 is 0. The van der Waals surface area contributed by atoms with E-state index in [9.17, 15) is 0 Å². The van der Waals surface area contributed by atoms with Crippen molar-refractivity contribution in [3.8, 4) is 66.8 Å². The molecular weight excluding hydrogens is 781 g/mol. The average Bonchev–Trinajstić information content (AvgIpc) is 3.73. The van der Waals surface area contributed by atoms with Crippen LogP contribution < -0.4 is 0 Å². The predicted octanol–water partition coefficient (Wildman–Crippen LogP) is 18.4. The standard InChI is InChI=1S/C65H52/c1-63(2,3)43-26-28-48-55(33-43)65(7,8)56-34-44(64(4,5)6)32-49(61(48)56)41-29-40-24-23-39-25-27-47-50-35-53-54(36-51(50)52-31-42(30-41)57(40)60(39)62(47)52)59(38-19-13-10-14-20-38)46-22-16-15-21-45(46)58(53)37-17-11-9-12-18-37/h9-36H,1-8H3. The second kappa shape index (κ2) is 13.0. The van der Waals surface area contributed by atoms with Gasteiger partial charge in [-0.3, -0.25) is 0 Å². The lowest BCUT2D eigenvalue weighted by Crippen LogP contribution is -2.19. The summed E-state index contributed by atoms with van der Waals surface area (Å²) in [7, 11) is 0. The van der Waals surface area contributed by atoms with Gasteiger partial charge in [-0.2, -0.15) is 0 Å². The van der Waals surface area contributed by atoms with E-state index in [2.05, 4.69) is 225 Å². The number of rotatable bonds is 3. The van der Waals surface area contributed by atoms with Gasteiger partial charge in [0, 0.05) is 5.41 Å². The summed E-state index contributed by atoms with van der Waals surface area (Å²) in [6, 6.07) is 65.6. The van der Waals surface area contributed by atoms with Crippen molar-refractivity contribution < 1.29 is 0 Å². The zero-order valence-electron chi connectivity index (χ0n) is 38.7. The number of fused-ring (bicyclic) bond motifs is 8. The largest absolute Gasteiger partial charge is 0.0622 e. The highest BCUT2D eigenvalue weighted by Crippen LogP contribution is 2.58. The Morgan fingerprint density at radius 1 is 0.308 bits per heavy atom. The molecule has 0 heterocycles. The first-order chi connectivity index (χ1) is 31.3. The summed E-state index contributed by atoms with van der Waals surface area (Å²) < 4.78 is 0. The van der Waals surface area contributed by atoms with Crippen LogP contribution in [0.15, 0.2) is 170 Å². The summed E-state index contributed by atoms with van der Waals surface area (Å²) in [6.07, 6.45) is 0. The van der Waals surface area contributed by atoms with Crippen molar-refractivity contribution in [2.24, 2.45) is 0 Å². The van der Waals surface area contributed by atoms with Gasteiger partial charge in [-0.05, 0) is 190 Å². The van der Waals surface area contributed by atoms with Crippen LogP contribution in [0.5, 0.6) is 0 Å². The maximum atomic E-state index is 2.54. The second-order valence-corrected chi connectivity index (χ2v) is 21.7. The fourth-order valence-corrected chi connectivity index (χ4v) is 12.0. The highest BCUT2D eigenvalue weighted by molar-refractivity contribution is 6.34. The minimum Gasteiger partial charge on any atom is -0.0622 e. The Hall–Kier alpha value is -7.02. The predicted molar refractivity (Wildman–Crippen MR) is 281 cm³/mol. The van der Waals surface area contributed by atoms with E-state index >= 15 is 0 Å². The third kappa shape index (κ3) is 5.38. The molecule has 0 saturated heterocycles. The van der Waals surface area contributed by atoms with Crippen LogP contribution in [0.4, 0.5) is 0 Å². The first-order valence-corrected chi connectivity index (χ1v) is 23.5. The van der Waals surface area contributed by atoms with Crippen molar-refractivity contribution in [3.05, 3.63) is 192 Å². The Bertz CT molecular complexity index is 3830. The molecule has 312 valence electrons. The maximum absolute atomic E-state index is 2.54. The average molecular weight is 833 g/mol. The molecule has 0 saturated carbocycles. The van der Waals surface area contributed by atoms with E-state index in [0.717, 1.165) is 0 Å². The van der Waals surface area contributed by atoms with Crippen LogP contribution in [0.25, 0.3) is 121 Å². The van der Waals surface area contributed by atoms with Crippen molar-refractivity contribution in [2.45, 2.75) is 71.6 Å². The normalized spacial score (nSPS) is 14.0. The third-order valence-corrected chi connectivity index (χ3v) is 15.4. The molecule has 0 spiro atoms. The fraction of sp³-hybridized carbons (Fsp3) is 0.169. The molecule has 0 amide bonds. The Kier molecular flexibility index (Phi) is 7.72. The van der Waals surface area contributed by atoms with Gasteiger partial charge in [-0.15, -0.1) is 0 Å². The van der Waals surface area contributed by atoms with Crippen molar-refractivity contribution in [1.82, 2.24) is 0 Å². The third-order valence-electron chi connectivity index (χ3n) is 15.4. The summed E-state index contributed by atoms with van der Waals surface area (Å²) in [5.41, 5.74) is 21.4. The quantitative estimate of drug-likeness (QED) is 0.123. The Morgan fingerprint density at radius 2 is 0.846 bits per heavy atom. The zero-order chi connectivity index (χ0) is 44.3. The van der Waals surface area contributed by atoms with Gasteiger partial charge < -0.3 is 0 Å². The molecular formula is C65H52. The lowest BCUT2D eigenvalue weighted by molar-refractivity contribution is 0.580. The van der Waals surface area contributed by atoms with Crippen LogP contribution in [0.1, 0.15) is 77.6 Å². The first kappa shape index (κ1) is 38.4. The molecule has 13 rings (SSSR count). The van der Waals surface area contributed by atoms with Crippen LogP contribution in [0, 0.1) is 0 Å². The molecule has 0 heteroatoms. The molecule has 0 aromatic heterocycles. The molecule has 0 N–H and O–H groups in total. The summed E-state index contributed by atoms with van der Waals surface area (Å²) in [6.45, 7) is 19.0. The van der Waals surface area contributed by atoms with Gasteiger partial charge in [0.2, 0.25) is 0 Å². The number of hydrogen-bond donors (Lipinski definition) is 0. The molecule has 0 radical (unpaired) electrons. The van der Waals surface area contributed by atoms with Gasteiger partial charge in [-0.1, -0.05) is 189 Å². The van der Waals surface area contributed by atoms with Crippen LogP contribution in [-0.2, 0) is 16.2 Å². The van der Waals surface area contributed by atoms with E-state index in [0.29, 0.717) is 0 Å². The van der Waals surface area contributed by atoms with Crippen LogP contribution in [0.2, 0.25) is 0 Å². The lowest BCUT2D eigenvalue weighted by Gasteiger charge is -2.27. The lowest BCUT2D eigenvalue weighted by atomic mass is 9.76. The molecule has 0 aliphatic heterocycles. The van der Waals surface area contributed by atoms with Gasteiger partial charge in [0.05, 0.1) is 0 Å². The maximum Gasteiger partial charge on any atom is 0.0159 e. The van der Waals surface area contributed by atoms with Gasteiger partial charge in [0.1, 0.15) is 0 Å². The van der Waals surface area contributed by atoms with E-state index in [1.54, 1.807) is 0 Å². The molecule has 2 aliphatic carbocycles. The minimum atomic E-state index is -0.128. The second-order valence-electron chi connectivity index (χ2n) is 21.7. The van der Waals surface area contributed by atoms with Crippen LogP contribution in [-0.4, -0.2) is 0 Å². The van der Waals surface area contributed by atoms with Crippen molar-refractivity contribution >= 4 is 53.9 Å². The highest BCUT2D eigenvalue weighted by Gasteiger charge is 2.39. The summed E-state index contributed by atoms with van der Waals surface area (Å²) in [5.74, 6) is 0. The monoisotopic (exact) mass is 832 g/mol. The topological polar surface area (TPSA) is 0 Å². The molecule has 0 bridgehead atoms. The van der Waals surface area contributed by atoms with Crippen molar-refractivity contribution in [3.63, 3.8) is 0 Å². The molecule has 0 fully saturated rings. The van der Waals surface area contributed by atoms with Crippen LogP contribution >= 0.6 is 0 Å². The van der Waals surface area contributed by atoms with E-state index in [-0.39, 0.29) is 16.2 Å². The smallest absolute Gasteiger partial charge is 0.0159 e. The molecule has 11 aromatic rings. The van der Waals surface area contributed by atoms with Gasteiger partial charge >= 0.3 is 0 Å². The Labute approximate surface area is 382 Å². The summed E-state index contributed by atoms with van der Waals surface area (Å²) in [5, 5.41) is 13.2.